The van der Waals surface area contributed by atoms with E-state index in [1.54, 1.807) is 48.7 Å². The fraction of sp³-hybridized carbons (Fsp3) is 0.0526. The zero-order chi connectivity index (χ0) is 20.4. The number of nitrogens with one attached hydrogen (secondary N) is 2. The number of benzene rings is 2. The van der Waals surface area contributed by atoms with Gasteiger partial charge in [0.2, 0.25) is 0 Å². The van der Waals surface area contributed by atoms with Gasteiger partial charge in [0.1, 0.15) is 5.82 Å². The van der Waals surface area contributed by atoms with Crippen LogP contribution in [0.4, 0.5) is 10.2 Å². The summed E-state index contributed by atoms with van der Waals surface area (Å²) in [7, 11) is 0. The van der Waals surface area contributed by atoms with E-state index in [0.29, 0.717) is 27.0 Å². The number of hydrogen-bond donors (Lipinski definition) is 2. The average molecular weight is 458 g/mol. The summed E-state index contributed by atoms with van der Waals surface area (Å²) in [6.07, 6.45) is 1.65. The lowest BCUT2D eigenvalue weighted by Gasteiger charge is -2.05. The van der Waals surface area contributed by atoms with Gasteiger partial charge in [-0.25, -0.2) is 9.18 Å². The van der Waals surface area contributed by atoms with Gasteiger partial charge in [-0.05, 0) is 34.1 Å². The second kappa shape index (κ2) is 7.84. The SMILES string of the molecule is O=C(Nc1nn(Cc2ccccc2F)cc1Br)c1cccc(-c2noc(=O)[nH]2)c1. The summed E-state index contributed by atoms with van der Waals surface area (Å²) in [5.41, 5.74) is 1.34. The molecule has 0 aliphatic heterocycles. The second-order valence-corrected chi connectivity index (χ2v) is 6.95. The van der Waals surface area contributed by atoms with E-state index in [-0.39, 0.29) is 18.2 Å². The molecule has 4 aromatic rings. The Kier molecular flexibility index (Phi) is 5.09. The Morgan fingerprint density at radius 1 is 1.24 bits per heavy atom. The van der Waals surface area contributed by atoms with E-state index in [1.165, 1.54) is 10.7 Å². The first kappa shape index (κ1) is 18.8. The number of H-pyrrole nitrogens is 1. The van der Waals surface area contributed by atoms with Crippen LogP contribution in [0.25, 0.3) is 11.4 Å². The highest BCUT2D eigenvalue weighted by molar-refractivity contribution is 9.10. The average Bonchev–Trinajstić information content (AvgIpc) is 3.29. The number of anilines is 1. The molecule has 0 spiro atoms. The zero-order valence-electron chi connectivity index (χ0n) is 14.7. The summed E-state index contributed by atoms with van der Waals surface area (Å²) in [6.45, 7) is 0.218. The zero-order valence-corrected chi connectivity index (χ0v) is 16.3. The van der Waals surface area contributed by atoms with Crippen LogP contribution in [-0.4, -0.2) is 25.8 Å². The fourth-order valence-electron chi connectivity index (χ4n) is 2.71. The van der Waals surface area contributed by atoms with E-state index in [2.05, 4.69) is 41.0 Å². The monoisotopic (exact) mass is 457 g/mol. The molecule has 1 amide bonds. The van der Waals surface area contributed by atoms with E-state index < -0.39 is 11.7 Å². The van der Waals surface area contributed by atoms with Crippen molar-refractivity contribution >= 4 is 27.7 Å². The highest BCUT2D eigenvalue weighted by atomic mass is 79.9. The van der Waals surface area contributed by atoms with Gasteiger partial charge in [0.25, 0.3) is 5.91 Å². The third-order valence-corrected chi connectivity index (χ3v) is 4.66. The van der Waals surface area contributed by atoms with Gasteiger partial charge in [-0.2, -0.15) is 5.10 Å². The standard InChI is InChI=1S/C19H13BrFN5O3/c20-14-10-26(9-13-4-1-2-7-15(13)21)24-17(14)22-18(27)12-6-3-5-11(8-12)16-23-19(28)29-25-16/h1-8,10H,9H2,(H,22,24,27)(H,23,25,28). The molecule has 0 saturated carbocycles. The number of amides is 1. The number of halogens is 2. The predicted octanol–water partition coefficient (Wildman–Crippen LogP) is 3.43. The van der Waals surface area contributed by atoms with Crippen molar-refractivity contribution in [3.05, 3.63) is 86.7 Å². The molecule has 0 atom stereocenters. The molecular formula is C19H13BrFN5O3. The van der Waals surface area contributed by atoms with Crippen LogP contribution < -0.4 is 11.1 Å². The molecule has 0 unspecified atom stereocenters. The highest BCUT2D eigenvalue weighted by Gasteiger charge is 2.14. The minimum atomic E-state index is -0.681. The number of carbonyl (C=O) groups excluding carboxylic acids is 1. The normalized spacial score (nSPS) is 10.8. The van der Waals surface area contributed by atoms with Crippen LogP contribution in [0.5, 0.6) is 0 Å². The summed E-state index contributed by atoms with van der Waals surface area (Å²) in [5.74, 6) is -0.896. The molecule has 0 aliphatic rings. The Labute approximate surface area is 171 Å². The largest absolute Gasteiger partial charge is 0.439 e. The molecule has 2 aromatic heterocycles. The Bertz CT molecular complexity index is 1250. The van der Waals surface area contributed by atoms with Crippen molar-refractivity contribution in [1.29, 1.82) is 0 Å². The van der Waals surface area contributed by atoms with Crippen molar-refractivity contribution in [3.8, 4) is 11.4 Å². The predicted molar refractivity (Wildman–Crippen MR) is 106 cm³/mol. The first-order chi connectivity index (χ1) is 14.0. The van der Waals surface area contributed by atoms with Gasteiger partial charge in [-0.15, -0.1) is 0 Å². The fourth-order valence-corrected chi connectivity index (χ4v) is 3.12. The van der Waals surface area contributed by atoms with Crippen molar-refractivity contribution in [3.63, 3.8) is 0 Å². The molecule has 0 saturated heterocycles. The molecule has 29 heavy (non-hydrogen) atoms. The van der Waals surface area contributed by atoms with E-state index in [4.69, 9.17) is 0 Å². The van der Waals surface area contributed by atoms with Crippen LogP contribution in [0.15, 0.2) is 68.5 Å². The number of carbonyl (C=O) groups is 1. The molecule has 8 nitrogen and oxygen atoms in total. The third-order valence-electron chi connectivity index (χ3n) is 4.08. The van der Waals surface area contributed by atoms with Gasteiger partial charge in [-0.1, -0.05) is 35.5 Å². The minimum Gasteiger partial charge on any atom is -0.304 e. The molecule has 0 radical (unpaired) electrons. The van der Waals surface area contributed by atoms with Crippen molar-refractivity contribution in [1.82, 2.24) is 19.9 Å². The Hall–Kier alpha value is -3.53. The maximum absolute atomic E-state index is 13.8. The van der Waals surface area contributed by atoms with Gasteiger partial charge in [0.05, 0.1) is 11.0 Å². The van der Waals surface area contributed by atoms with E-state index in [0.717, 1.165) is 0 Å². The van der Waals surface area contributed by atoms with Crippen molar-refractivity contribution in [2.75, 3.05) is 5.32 Å². The smallest absolute Gasteiger partial charge is 0.304 e. The number of rotatable bonds is 5. The van der Waals surface area contributed by atoms with E-state index in [1.807, 2.05) is 0 Å². The first-order valence-corrected chi connectivity index (χ1v) is 9.23. The van der Waals surface area contributed by atoms with Gasteiger partial charge in [-0.3, -0.25) is 19.0 Å². The van der Waals surface area contributed by atoms with Crippen LogP contribution in [-0.2, 0) is 6.54 Å². The highest BCUT2D eigenvalue weighted by Crippen LogP contribution is 2.23. The van der Waals surface area contributed by atoms with Crippen molar-refractivity contribution in [2.45, 2.75) is 6.54 Å². The molecular weight excluding hydrogens is 445 g/mol. The molecule has 146 valence electrons. The number of hydrogen-bond acceptors (Lipinski definition) is 5. The molecule has 2 heterocycles. The minimum absolute atomic E-state index is 0.218. The summed E-state index contributed by atoms with van der Waals surface area (Å²) in [5, 5.41) is 10.6. The van der Waals surface area contributed by atoms with Gasteiger partial charge < -0.3 is 5.32 Å². The first-order valence-electron chi connectivity index (χ1n) is 8.44. The summed E-state index contributed by atoms with van der Waals surface area (Å²) >= 11 is 3.35. The summed E-state index contributed by atoms with van der Waals surface area (Å²) < 4.78 is 20.4. The number of aromatic nitrogens is 4. The van der Waals surface area contributed by atoms with Crippen LogP contribution in [0.1, 0.15) is 15.9 Å². The van der Waals surface area contributed by atoms with Gasteiger partial charge >= 0.3 is 5.76 Å². The van der Waals surface area contributed by atoms with Crippen molar-refractivity contribution < 1.29 is 13.7 Å². The molecule has 0 aliphatic carbocycles. The molecule has 0 fully saturated rings. The summed E-state index contributed by atoms with van der Waals surface area (Å²) in [4.78, 5) is 26.2. The van der Waals surface area contributed by atoms with E-state index >= 15 is 0 Å². The van der Waals surface area contributed by atoms with E-state index in [9.17, 15) is 14.0 Å². The molecule has 2 aromatic carbocycles. The summed E-state index contributed by atoms with van der Waals surface area (Å²) in [6, 6.07) is 12.9. The Morgan fingerprint density at radius 3 is 2.83 bits per heavy atom. The second-order valence-electron chi connectivity index (χ2n) is 6.09. The number of aromatic amines is 1. The number of nitrogens with zero attached hydrogens (tertiary/aromatic N) is 3. The van der Waals surface area contributed by atoms with Gasteiger partial charge in [0, 0.05) is 22.9 Å². The van der Waals surface area contributed by atoms with Crippen LogP contribution >= 0.6 is 15.9 Å². The quantitative estimate of drug-likeness (QED) is 0.477. The molecule has 4 rings (SSSR count). The molecule has 10 heteroatoms. The lowest BCUT2D eigenvalue weighted by atomic mass is 10.1. The maximum atomic E-state index is 13.8. The lowest BCUT2D eigenvalue weighted by Crippen LogP contribution is -2.13. The Morgan fingerprint density at radius 2 is 2.07 bits per heavy atom. The van der Waals surface area contributed by atoms with Crippen LogP contribution in [0.3, 0.4) is 0 Å². The van der Waals surface area contributed by atoms with Crippen molar-refractivity contribution in [2.24, 2.45) is 0 Å². The van der Waals surface area contributed by atoms with Gasteiger partial charge in [0.15, 0.2) is 11.6 Å². The van der Waals surface area contributed by atoms with Crippen LogP contribution in [0.2, 0.25) is 0 Å². The molecule has 2 N–H and O–H groups in total. The van der Waals surface area contributed by atoms with Crippen LogP contribution in [0, 0.1) is 5.82 Å². The topological polar surface area (TPSA) is 106 Å². The molecule has 0 bridgehead atoms. The third kappa shape index (κ3) is 4.16. The lowest BCUT2D eigenvalue weighted by molar-refractivity contribution is 0.102. The maximum Gasteiger partial charge on any atom is 0.439 e. The Balaban J connectivity index is 1.52.